The van der Waals surface area contributed by atoms with Gasteiger partial charge in [0.15, 0.2) is 0 Å². The van der Waals surface area contributed by atoms with Crippen LogP contribution in [0.2, 0.25) is 0 Å². The van der Waals surface area contributed by atoms with Crippen molar-refractivity contribution in [2.45, 2.75) is 31.9 Å². The van der Waals surface area contributed by atoms with Crippen molar-refractivity contribution in [3.05, 3.63) is 24.3 Å². The van der Waals surface area contributed by atoms with E-state index in [1.165, 1.54) is 13.2 Å². The predicted octanol–water partition coefficient (Wildman–Crippen LogP) is 4.17. The molecule has 1 aliphatic rings. The molecule has 1 aromatic rings. The van der Waals surface area contributed by atoms with Gasteiger partial charge in [0, 0.05) is 17.3 Å². The van der Waals surface area contributed by atoms with E-state index in [0.29, 0.717) is 24.2 Å². The van der Waals surface area contributed by atoms with Gasteiger partial charge in [-0.3, -0.25) is 10.1 Å². The fourth-order valence-electron chi connectivity index (χ4n) is 2.92. The SMILES string of the molecule is COC(=O)Nc1cccc(NC(=O)C2CCCCC2C(F)(F)F)c1. The van der Waals surface area contributed by atoms with Crippen LogP contribution >= 0.6 is 0 Å². The number of hydrogen-bond acceptors (Lipinski definition) is 3. The summed E-state index contributed by atoms with van der Waals surface area (Å²) in [7, 11) is 1.21. The molecule has 0 aliphatic heterocycles. The quantitative estimate of drug-likeness (QED) is 0.865. The van der Waals surface area contributed by atoms with Crippen molar-refractivity contribution in [3.63, 3.8) is 0 Å². The Hall–Kier alpha value is -2.25. The fourth-order valence-corrected chi connectivity index (χ4v) is 2.92. The van der Waals surface area contributed by atoms with Crippen LogP contribution in [0.5, 0.6) is 0 Å². The Bertz CT molecular complexity index is 604. The molecule has 0 radical (unpaired) electrons. The number of halogens is 3. The number of carbonyl (C=O) groups is 2. The summed E-state index contributed by atoms with van der Waals surface area (Å²) in [6, 6.07) is 6.15. The molecule has 2 rings (SSSR count). The van der Waals surface area contributed by atoms with E-state index in [9.17, 15) is 22.8 Å². The highest BCUT2D eigenvalue weighted by Crippen LogP contribution is 2.41. The topological polar surface area (TPSA) is 67.4 Å². The molecule has 24 heavy (non-hydrogen) atoms. The maximum atomic E-state index is 13.1. The highest BCUT2D eigenvalue weighted by atomic mass is 19.4. The molecule has 2 amide bonds. The summed E-state index contributed by atoms with van der Waals surface area (Å²) in [6.07, 6.45) is -3.78. The van der Waals surface area contributed by atoms with E-state index >= 15 is 0 Å². The third-order valence-electron chi connectivity index (χ3n) is 4.09. The van der Waals surface area contributed by atoms with Crippen molar-refractivity contribution >= 4 is 23.4 Å². The Morgan fingerprint density at radius 2 is 1.75 bits per heavy atom. The molecule has 1 aromatic carbocycles. The van der Waals surface area contributed by atoms with Crippen LogP contribution in [0.1, 0.15) is 25.7 Å². The van der Waals surface area contributed by atoms with Gasteiger partial charge in [0.05, 0.1) is 13.0 Å². The van der Waals surface area contributed by atoms with Gasteiger partial charge >= 0.3 is 12.3 Å². The van der Waals surface area contributed by atoms with Crippen LogP contribution in [-0.4, -0.2) is 25.3 Å². The van der Waals surface area contributed by atoms with Crippen LogP contribution in [0.3, 0.4) is 0 Å². The third kappa shape index (κ3) is 4.62. The number of carbonyl (C=O) groups excluding carboxylic acids is 2. The summed E-state index contributed by atoms with van der Waals surface area (Å²) in [5, 5.41) is 4.94. The van der Waals surface area contributed by atoms with E-state index in [1.807, 2.05) is 0 Å². The molecule has 8 heteroatoms. The molecule has 5 nitrogen and oxygen atoms in total. The number of alkyl halides is 3. The molecule has 0 bridgehead atoms. The molecule has 1 fully saturated rings. The van der Waals surface area contributed by atoms with Crippen molar-refractivity contribution in [1.29, 1.82) is 0 Å². The molecule has 0 spiro atoms. The highest BCUT2D eigenvalue weighted by molar-refractivity contribution is 5.94. The van der Waals surface area contributed by atoms with Crippen molar-refractivity contribution in [1.82, 2.24) is 0 Å². The zero-order valence-corrected chi connectivity index (χ0v) is 13.2. The summed E-state index contributed by atoms with van der Waals surface area (Å²) in [5.74, 6) is -3.34. The molecular weight excluding hydrogens is 325 g/mol. The van der Waals surface area contributed by atoms with Crippen LogP contribution in [0.15, 0.2) is 24.3 Å². The highest BCUT2D eigenvalue weighted by Gasteiger charge is 2.48. The maximum absolute atomic E-state index is 13.1. The second-order valence-corrected chi connectivity index (χ2v) is 5.73. The van der Waals surface area contributed by atoms with Gasteiger partial charge in [-0.25, -0.2) is 4.79 Å². The minimum atomic E-state index is -4.38. The lowest BCUT2D eigenvalue weighted by molar-refractivity contribution is -0.197. The molecule has 132 valence electrons. The molecule has 0 heterocycles. The average molecular weight is 344 g/mol. The maximum Gasteiger partial charge on any atom is 0.411 e. The number of ether oxygens (including phenoxy) is 1. The average Bonchev–Trinajstić information content (AvgIpc) is 2.54. The second kappa shape index (κ2) is 7.55. The van der Waals surface area contributed by atoms with E-state index in [0.717, 1.165) is 0 Å². The lowest BCUT2D eigenvalue weighted by Gasteiger charge is -2.32. The molecule has 0 saturated heterocycles. The van der Waals surface area contributed by atoms with Crippen LogP contribution in [-0.2, 0) is 9.53 Å². The Kier molecular flexibility index (Phi) is 5.69. The second-order valence-electron chi connectivity index (χ2n) is 5.73. The Labute approximate surface area is 137 Å². The normalized spacial score (nSPS) is 21.0. The first-order chi connectivity index (χ1) is 11.3. The van der Waals surface area contributed by atoms with Crippen molar-refractivity contribution in [2.75, 3.05) is 17.7 Å². The molecular formula is C16H19F3N2O3. The van der Waals surface area contributed by atoms with Crippen LogP contribution < -0.4 is 10.6 Å². The van der Waals surface area contributed by atoms with Crippen molar-refractivity contribution < 1.29 is 27.5 Å². The largest absolute Gasteiger partial charge is 0.453 e. The summed E-state index contributed by atoms with van der Waals surface area (Å²) < 4.78 is 43.7. The zero-order chi connectivity index (χ0) is 17.7. The van der Waals surface area contributed by atoms with Gasteiger partial charge in [-0.15, -0.1) is 0 Å². The minimum Gasteiger partial charge on any atom is -0.453 e. The number of hydrogen-bond donors (Lipinski definition) is 2. The molecule has 2 unspecified atom stereocenters. The molecule has 0 aromatic heterocycles. The summed E-state index contributed by atoms with van der Waals surface area (Å²) in [6.45, 7) is 0. The van der Waals surface area contributed by atoms with Gasteiger partial charge < -0.3 is 10.1 Å². The van der Waals surface area contributed by atoms with Gasteiger partial charge in [0.2, 0.25) is 5.91 Å². The third-order valence-corrected chi connectivity index (χ3v) is 4.09. The number of methoxy groups -OCH3 is 1. The van der Waals surface area contributed by atoms with E-state index in [4.69, 9.17) is 0 Å². The van der Waals surface area contributed by atoms with E-state index < -0.39 is 30.0 Å². The zero-order valence-electron chi connectivity index (χ0n) is 13.2. The lowest BCUT2D eigenvalue weighted by Crippen LogP contribution is -2.39. The Morgan fingerprint density at radius 3 is 2.38 bits per heavy atom. The van der Waals surface area contributed by atoms with Crippen molar-refractivity contribution in [2.24, 2.45) is 11.8 Å². The predicted molar refractivity (Wildman–Crippen MR) is 82.6 cm³/mol. The van der Waals surface area contributed by atoms with Gasteiger partial charge in [-0.05, 0) is 31.0 Å². The van der Waals surface area contributed by atoms with Gasteiger partial charge in [0.25, 0.3) is 0 Å². The number of amides is 2. The smallest absolute Gasteiger partial charge is 0.411 e. The Morgan fingerprint density at radius 1 is 1.12 bits per heavy atom. The monoisotopic (exact) mass is 344 g/mol. The Balaban J connectivity index is 2.08. The first kappa shape index (κ1) is 18.1. The van der Waals surface area contributed by atoms with Gasteiger partial charge in [-0.2, -0.15) is 13.2 Å². The van der Waals surface area contributed by atoms with Crippen LogP contribution in [0, 0.1) is 11.8 Å². The van der Waals surface area contributed by atoms with E-state index in [2.05, 4.69) is 15.4 Å². The molecule has 1 aliphatic carbocycles. The number of nitrogens with one attached hydrogen (secondary N) is 2. The molecule has 2 N–H and O–H groups in total. The summed E-state index contributed by atoms with van der Waals surface area (Å²) >= 11 is 0. The first-order valence-corrected chi connectivity index (χ1v) is 7.64. The lowest BCUT2D eigenvalue weighted by atomic mass is 9.78. The number of rotatable bonds is 3. The van der Waals surface area contributed by atoms with Crippen LogP contribution in [0.4, 0.5) is 29.3 Å². The van der Waals surface area contributed by atoms with Gasteiger partial charge in [-0.1, -0.05) is 18.9 Å². The summed E-state index contributed by atoms with van der Waals surface area (Å²) in [4.78, 5) is 23.5. The summed E-state index contributed by atoms with van der Waals surface area (Å²) in [5.41, 5.74) is 0.691. The van der Waals surface area contributed by atoms with Crippen LogP contribution in [0.25, 0.3) is 0 Å². The minimum absolute atomic E-state index is 0.0223. The number of anilines is 2. The standard InChI is InChI=1S/C16H19F3N2O3/c1-24-15(23)21-11-6-4-5-10(9-11)20-14(22)12-7-2-3-8-13(12)16(17,18)19/h4-6,9,12-13H,2-3,7-8H2,1H3,(H,20,22)(H,21,23). The van der Waals surface area contributed by atoms with E-state index in [-0.39, 0.29) is 12.8 Å². The van der Waals surface area contributed by atoms with E-state index in [1.54, 1.807) is 18.2 Å². The first-order valence-electron chi connectivity index (χ1n) is 7.64. The molecule has 1 saturated carbocycles. The number of benzene rings is 1. The fraction of sp³-hybridized carbons (Fsp3) is 0.500. The molecule has 2 atom stereocenters. The van der Waals surface area contributed by atoms with Crippen molar-refractivity contribution in [3.8, 4) is 0 Å². The van der Waals surface area contributed by atoms with Gasteiger partial charge in [0.1, 0.15) is 0 Å².